The van der Waals surface area contributed by atoms with Crippen molar-refractivity contribution in [3.05, 3.63) is 10.4 Å². The third kappa shape index (κ3) is 2.32. The Balaban J connectivity index is 2.14. The Morgan fingerprint density at radius 1 is 1.75 bits per heavy atom. The Bertz CT molecular complexity index is 212. The molecular weight excluding hydrogens is 160 g/mol. The van der Waals surface area contributed by atoms with Crippen molar-refractivity contribution in [3.63, 3.8) is 0 Å². The van der Waals surface area contributed by atoms with Gasteiger partial charge in [-0.1, -0.05) is 5.11 Å². The number of rotatable bonds is 4. The van der Waals surface area contributed by atoms with Gasteiger partial charge in [0.2, 0.25) is 0 Å². The van der Waals surface area contributed by atoms with E-state index in [0.717, 1.165) is 0 Å². The predicted molar refractivity (Wildman–Crippen MR) is 41.6 cm³/mol. The first-order valence-electron chi connectivity index (χ1n) is 3.77. The Hall–Kier alpha value is -1.42. The lowest BCUT2D eigenvalue weighted by Gasteiger charge is -2.10. The molecule has 0 bridgehead atoms. The molecule has 0 aromatic rings. The molecule has 1 saturated heterocycles. The number of amides is 1. The molecule has 1 fully saturated rings. The molecule has 1 heterocycles. The van der Waals surface area contributed by atoms with E-state index in [9.17, 15) is 4.79 Å². The summed E-state index contributed by atoms with van der Waals surface area (Å²) in [6.07, 6.45) is 0.426. The van der Waals surface area contributed by atoms with Crippen LogP contribution in [0.15, 0.2) is 5.11 Å². The van der Waals surface area contributed by atoms with Crippen molar-refractivity contribution in [2.75, 3.05) is 26.2 Å². The second-order valence-electron chi connectivity index (χ2n) is 2.41. The van der Waals surface area contributed by atoms with Gasteiger partial charge in [0.15, 0.2) is 0 Å². The van der Waals surface area contributed by atoms with Crippen LogP contribution in [0.1, 0.15) is 6.42 Å². The highest BCUT2D eigenvalue weighted by molar-refractivity contribution is 5.69. The molecular formula is C6H10N4O2. The lowest BCUT2D eigenvalue weighted by molar-refractivity contribution is 0.158. The number of nitrogens with zero attached hydrogens (tertiary/aromatic N) is 4. The Kier molecular flexibility index (Phi) is 3.22. The van der Waals surface area contributed by atoms with Crippen LogP contribution in [0.25, 0.3) is 10.4 Å². The van der Waals surface area contributed by atoms with Crippen LogP contribution in [0.3, 0.4) is 0 Å². The van der Waals surface area contributed by atoms with Crippen LogP contribution in [0.4, 0.5) is 4.79 Å². The first-order chi connectivity index (χ1) is 5.84. The predicted octanol–water partition coefficient (Wildman–Crippen LogP) is 1.14. The maximum atomic E-state index is 10.8. The molecule has 0 saturated carbocycles. The summed E-state index contributed by atoms with van der Waals surface area (Å²) in [5.41, 5.74) is 7.96. The van der Waals surface area contributed by atoms with Crippen molar-refractivity contribution >= 4 is 6.09 Å². The number of hydrogen-bond acceptors (Lipinski definition) is 3. The molecule has 0 aromatic heterocycles. The van der Waals surface area contributed by atoms with E-state index in [1.807, 2.05) is 0 Å². The smallest absolute Gasteiger partial charge is 0.409 e. The Morgan fingerprint density at radius 2 is 2.58 bits per heavy atom. The summed E-state index contributed by atoms with van der Waals surface area (Å²) in [6, 6.07) is 0. The monoisotopic (exact) mass is 170 g/mol. The summed E-state index contributed by atoms with van der Waals surface area (Å²) in [5, 5.41) is 3.36. The molecule has 6 nitrogen and oxygen atoms in total. The molecule has 0 N–H and O–H groups in total. The molecule has 0 aliphatic carbocycles. The van der Waals surface area contributed by atoms with Crippen molar-refractivity contribution in [2.45, 2.75) is 6.42 Å². The normalized spacial score (nSPS) is 15.7. The van der Waals surface area contributed by atoms with E-state index < -0.39 is 0 Å². The van der Waals surface area contributed by atoms with Crippen LogP contribution < -0.4 is 0 Å². The van der Waals surface area contributed by atoms with E-state index in [0.29, 0.717) is 32.7 Å². The average molecular weight is 170 g/mol. The number of azide groups is 1. The van der Waals surface area contributed by atoms with Crippen LogP contribution in [0, 0.1) is 0 Å². The summed E-state index contributed by atoms with van der Waals surface area (Å²) in [6.45, 7) is 2.16. The summed E-state index contributed by atoms with van der Waals surface area (Å²) in [5.74, 6) is 0. The van der Waals surface area contributed by atoms with Gasteiger partial charge < -0.3 is 9.64 Å². The number of ether oxygens (including phenoxy) is 1. The zero-order valence-corrected chi connectivity index (χ0v) is 6.64. The van der Waals surface area contributed by atoms with Gasteiger partial charge in [-0.15, -0.1) is 0 Å². The van der Waals surface area contributed by atoms with Gasteiger partial charge in [0.25, 0.3) is 0 Å². The highest BCUT2D eigenvalue weighted by Crippen LogP contribution is 2.03. The van der Waals surface area contributed by atoms with Crippen LogP contribution >= 0.6 is 0 Å². The maximum Gasteiger partial charge on any atom is 0.409 e. The van der Waals surface area contributed by atoms with Crippen LogP contribution in [-0.2, 0) is 4.74 Å². The second kappa shape index (κ2) is 4.46. The fourth-order valence-corrected chi connectivity index (χ4v) is 1.01. The van der Waals surface area contributed by atoms with Gasteiger partial charge in [0, 0.05) is 18.0 Å². The quantitative estimate of drug-likeness (QED) is 0.274. The molecule has 1 aliphatic rings. The Morgan fingerprint density at radius 3 is 3.17 bits per heavy atom. The van der Waals surface area contributed by atoms with Gasteiger partial charge in [0.05, 0.1) is 6.54 Å². The van der Waals surface area contributed by atoms with E-state index >= 15 is 0 Å². The highest BCUT2D eigenvalue weighted by Gasteiger charge is 2.20. The van der Waals surface area contributed by atoms with Gasteiger partial charge in [-0.3, -0.25) is 0 Å². The molecule has 12 heavy (non-hydrogen) atoms. The van der Waals surface area contributed by atoms with E-state index in [-0.39, 0.29) is 6.09 Å². The van der Waals surface area contributed by atoms with Crippen molar-refractivity contribution in [3.8, 4) is 0 Å². The van der Waals surface area contributed by atoms with Crippen LogP contribution in [0.2, 0.25) is 0 Å². The molecule has 1 rings (SSSR count). The van der Waals surface area contributed by atoms with Crippen LogP contribution in [0.5, 0.6) is 0 Å². The van der Waals surface area contributed by atoms with E-state index in [1.54, 1.807) is 4.90 Å². The third-order valence-electron chi connectivity index (χ3n) is 1.59. The largest absolute Gasteiger partial charge is 0.448 e. The molecule has 66 valence electrons. The summed E-state index contributed by atoms with van der Waals surface area (Å²) >= 11 is 0. The Labute approximate surface area is 69.7 Å². The number of cyclic esters (lactones) is 1. The van der Waals surface area contributed by atoms with Crippen molar-refractivity contribution in [1.82, 2.24) is 4.90 Å². The molecule has 6 heteroatoms. The second-order valence-corrected chi connectivity index (χ2v) is 2.41. The third-order valence-corrected chi connectivity index (χ3v) is 1.59. The molecule has 0 aromatic carbocycles. The van der Waals surface area contributed by atoms with Crippen LogP contribution in [-0.4, -0.2) is 37.2 Å². The minimum absolute atomic E-state index is 0.268. The fourth-order valence-electron chi connectivity index (χ4n) is 1.01. The fraction of sp³-hybridized carbons (Fsp3) is 0.833. The SMILES string of the molecule is [N-]=[N+]=NCCCN1CCOC1=O. The zero-order valence-electron chi connectivity index (χ0n) is 6.64. The minimum atomic E-state index is -0.268. The summed E-state index contributed by atoms with van der Waals surface area (Å²) in [4.78, 5) is 15.1. The van der Waals surface area contributed by atoms with E-state index in [4.69, 9.17) is 10.3 Å². The summed E-state index contributed by atoms with van der Waals surface area (Å²) < 4.78 is 4.71. The lowest BCUT2D eigenvalue weighted by Crippen LogP contribution is -2.25. The first-order valence-corrected chi connectivity index (χ1v) is 3.77. The molecule has 1 amide bonds. The van der Waals surface area contributed by atoms with Crippen molar-refractivity contribution in [2.24, 2.45) is 5.11 Å². The number of carbonyl (C=O) groups is 1. The first kappa shape index (κ1) is 8.67. The maximum absolute atomic E-state index is 10.8. The molecule has 0 spiro atoms. The zero-order chi connectivity index (χ0) is 8.81. The van der Waals surface area contributed by atoms with Crippen molar-refractivity contribution in [1.29, 1.82) is 0 Å². The standard InChI is InChI=1S/C6H10N4O2/c7-9-8-2-1-3-10-4-5-12-6(10)11/h1-5H2. The molecule has 0 unspecified atom stereocenters. The number of carbonyl (C=O) groups excluding carboxylic acids is 1. The molecule has 1 aliphatic heterocycles. The molecule has 0 radical (unpaired) electrons. The lowest BCUT2D eigenvalue weighted by atomic mass is 10.4. The van der Waals surface area contributed by atoms with Gasteiger partial charge >= 0.3 is 6.09 Å². The van der Waals surface area contributed by atoms with Crippen molar-refractivity contribution < 1.29 is 9.53 Å². The number of hydrogen-bond donors (Lipinski definition) is 0. The van der Waals surface area contributed by atoms with Gasteiger partial charge in [-0.05, 0) is 12.0 Å². The van der Waals surface area contributed by atoms with E-state index in [1.165, 1.54) is 0 Å². The highest BCUT2D eigenvalue weighted by atomic mass is 16.6. The topological polar surface area (TPSA) is 78.3 Å². The molecule has 0 atom stereocenters. The van der Waals surface area contributed by atoms with Gasteiger partial charge in [-0.25, -0.2) is 4.79 Å². The minimum Gasteiger partial charge on any atom is -0.448 e. The van der Waals surface area contributed by atoms with Gasteiger partial charge in [0.1, 0.15) is 6.61 Å². The van der Waals surface area contributed by atoms with Gasteiger partial charge in [-0.2, -0.15) is 0 Å². The average Bonchev–Trinajstić information content (AvgIpc) is 2.46. The van der Waals surface area contributed by atoms with E-state index in [2.05, 4.69) is 10.0 Å². The summed E-state index contributed by atoms with van der Waals surface area (Å²) in [7, 11) is 0.